The number of halogens is 2. The standard InChI is InChI=1S/C16H13BrFN3S/c1-21-15(12-4-8-14(18)9-5-12)19-20-16(21)22-10-11-2-6-13(17)7-3-11/h2-9H,10H2,1H3. The first kappa shape index (κ1) is 15.2. The summed E-state index contributed by atoms with van der Waals surface area (Å²) in [6.45, 7) is 0. The maximum absolute atomic E-state index is 13.0. The molecule has 0 atom stereocenters. The van der Waals surface area contributed by atoms with Gasteiger partial charge in [0.2, 0.25) is 0 Å². The summed E-state index contributed by atoms with van der Waals surface area (Å²) in [5.74, 6) is 1.30. The lowest BCUT2D eigenvalue weighted by Crippen LogP contribution is -1.95. The second kappa shape index (κ2) is 6.62. The highest BCUT2D eigenvalue weighted by atomic mass is 79.9. The molecule has 112 valence electrons. The van der Waals surface area contributed by atoms with Crippen LogP contribution in [-0.2, 0) is 12.8 Å². The van der Waals surface area contributed by atoms with Gasteiger partial charge in [0.1, 0.15) is 5.82 Å². The Morgan fingerprint density at radius 2 is 1.73 bits per heavy atom. The Hall–Kier alpha value is -1.66. The van der Waals surface area contributed by atoms with Gasteiger partial charge in [-0.15, -0.1) is 10.2 Å². The minimum Gasteiger partial charge on any atom is -0.305 e. The normalized spacial score (nSPS) is 10.9. The molecule has 2 aromatic carbocycles. The lowest BCUT2D eigenvalue weighted by molar-refractivity contribution is 0.628. The molecule has 22 heavy (non-hydrogen) atoms. The van der Waals surface area contributed by atoms with Crippen LogP contribution >= 0.6 is 27.7 Å². The quantitative estimate of drug-likeness (QED) is 0.618. The molecule has 0 fully saturated rings. The third-order valence-corrected chi connectivity index (χ3v) is 4.84. The summed E-state index contributed by atoms with van der Waals surface area (Å²) in [6, 6.07) is 14.5. The smallest absolute Gasteiger partial charge is 0.191 e. The lowest BCUT2D eigenvalue weighted by Gasteiger charge is -2.04. The SMILES string of the molecule is Cn1c(SCc2ccc(Br)cc2)nnc1-c1ccc(F)cc1. The summed E-state index contributed by atoms with van der Waals surface area (Å²) in [4.78, 5) is 0. The first-order valence-electron chi connectivity index (χ1n) is 6.66. The number of rotatable bonds is 4. The zero-order chi connectivity index (χ0) is 15.5. The third-order valence-electron chi connectivity index (χ3n) is 3.22. The highest BCUT2D eigenvalue weighted by molar-refractivity contribution is 9.10. The summed E-state index contributed by atoms with van der Waals surface area (Å²) >= 11 is 5.05. The van der Waals surface area contributed by atoms with Gasteiger partial charge in [-0.1, -0.05) is 39.8 Å². The second-order valence-electron chi connectivity index (χ2n) is 4.79. The summed E-state index contributed by atoms with van der Waals surface area (Å²) < 4.78 is 16.0. The Labute approximate surface area is 140 Å². The zero-order valence-corrected chi connectivity index (χ0v) is 14.2. The van der Waals surface area contributed by atoms with Crippen molar-refractivity contribution in [3.05, 3.63) is 64.4 Å². The van der Waals surface area contributed by atoms with Gasteiger partial charge in [-0.05, 0) is 42.0 Å². The van der Waals surface area contributed by atoms with Gasteiger partial charge in [0.05, 0.1) is 0 Å². The van der Waals surface area contributed by atoms with Crippen molar-refractivity contribution in [3.8, 4) is 11.4 Å². The number of hydrogen-bond acceptors (Lipinski definition) is 3. The molecule has 0 N–H and O–H groups in total. The van der Waals surface area contributed by atoms with Crippen LogP contribution in [0.25, 0.3) is 11.4 Å². The van der Waals surface area contributed by atoms with Crippen molar-refractivity contribution in [2.24, 2.45) is 7.05 Å². The van der Waals surface area contributed by atoms with Gasteiger partial charge in [0.25, 0.3) is 0 Å². The molecular formula is C16H13BrFN3S. The molecule has 3 rings (SSSR count). The van der Waals surface area contributed by atoms with Crippen LogP contribution in [0.15, 0.2) is 58.2 Å². The fourth-order valence-electron chi connectivity index (χ4n) is 2.02. The zero-order valence-electron chi connectivity index (χ0n) is 11.8. The van der Waals surface area contributed by atoms with Gasteiger partial charge in [0.15, 0.2) is 11.0 Å². The van der Waals surface area contributed by atoms with Crippen molar-refractivity contribution in [1.29, 1.82) is 0 Å². The van der Waals surface area contributed by atoms with Crippen molar-refractivity contribution >= 4 is 27.7 Å². The Balaban J connectivity index is 1.75. The van der Waals surface area contributed by atoms with E-state index in [2.05, 4.69) is 38.3 Å². The monoisotopic (exact) mass is 377 g/mol. The average molecular weight is 378 g/mol. The van der Waals surface area contributed by atoms with Crippen molar-refractivity contribution < 1.29 is 4.39 Å². The Morgan fingerprint density at radius 3 is 2.41 bits per heavy atom. The van der Waals surface area contributed by atoms with Gasteiger partial charge in [-0.25, -0.2) is 4.39 Å². The van der Waals surface area contributed by atoms with E-state index in [0.29, 0.717) is 0 Å². The second-order valence-corrected chi connectivity index (χ2v) is 6.65. The van der Waals surface area contributed by atoms with Crippen LogP contribution in [0.3, 0.4) is 0 Å². The lowest BCUT2D eigenvalue weighted by atomic mass is 10.2. The number of thioether (sulfide) groups is 1. The highest BCUT2D eigenvalue weighted by Gasteiger charge is 2.11. The first-order chi connectivity index (χ1) is 10.6. The predicted molar refractivity (Wildman–Crippen MR) is 90.1 cm³/mol. The fourth-order valence-corrected chi connectivity index (χ4v) is 3.15. The summed E-state index contributed by atoms with van der Waals surface area (Å²) in [7, 11) is 1.92. The van der Waals surface area contributed by atoms with Gasteiger partial charge in [-0.3, -0.25) is 0 Å². The van der Waals surface area contributed by atoms with E-state index in [1.165, 1.54) is 17.7 Å². The van der Waals surface area contributed by atoms with E-state index in [9.17, 15) is 4.39 Å². The van der Waals surface area contributed by atoms with E-state index in [0.717, 1.165) is 26.8 Å². The van der Waals surface area contributed by atoms with Gasteiger partial charge in [-0.2, -0.15) is 0 Å². The van der Waals surface area contributed by atoms with E-state index in [1.807, 2.05) is 23.7 Å². The molecule has 0 radical (unpaired) electrons. The minimum atomic E-state index is -0.254. The predicted octanol–water partition coefficient (Wildman–Crippen LogP) is 4.68. The van der Waals surface area contributed by atoms with Crippen LogP contribution in [0.4, 0.5) is 4.39 Å². The molecule has 0 spiro atoms. The molecule has 0 bridgehead atoms. The molecule has 0 saturated heterocycles. The molecule has 0 amide bonds. The van der Waals surface area contributed by atoms with Crippen LogP contribution in [-0.4, -0.2) is 14.8 Å². The molecule has 0 unspecified atom stereocenters. The Kier molecular flexibility index (Phi) is 4.59. The van der Waals surface area contributed by atoms with Crippen molar-refractivity contribution in [2.45, 2.75) is 10.9 Å². The number of aromatic nitrogens is 3. The Morgan fingerprint density at radius 1 is 1.05 bits per heavy atom. The highest BCUT2D eigenvalue weighted by Crippen LogP contribution is 2.25. The molecule has 0 aliphatic rings. The molecule has 0 saturated carbocycles. The van der Waals surface area contributed by atoms with Crippen LogP contribution in [0, 0.1) is 5.82 Å². The largest absolute Gasteiger partial charge is 0.305 e. The summed E-state index contributed by atoms with van der Waals surface area (Å²) in [6.07, 6.45) is 0. The first-order valence-corrected chi connectivity index (χ1v) is 8.44. The van der Waals surface area contributed by atoms with E-state index in [-0.39, 0.29) is 5.82 Å². The maximum Gasteiger partial charge on any atom is 0.191 e. The topological polar surface area (TPSA) is 30.7 Å². The van der Waals surface area contributed by atoms with Gasteiger partial charge < -0.3 is 4.57 Å². The van der Waals surface area contributed by atoms with Crippen LogP contribution in [0.5, 0.6) is 0 Å². The molecular weight excluding hydrogens is 365 g/mol. The fraction of sp³-hybridized carbons (Fsp3) is 0.125. The minimum absolute atomic E-state index is 0.254. The van der Waals surface area contributed by atoms with E-state index < -0.39 is 0 Å². The van der Waals surface area contributed by atoms with Gasteiger partial charge in [0, 0.05) is 22.8 Å². The van der Waals surface area contributed by atoms with Crippen LogP contribution in [0.2, 0.25) is 0 Å². The molecule has 1 heterocycles. The number of nitrogens with zero attached hydrogens (tertiary/aromatic N) is 3. The molecule has 0 aliphatic carbocycles. The molecule has 1 aromatic heterocycles. The van der Waals surface area contributed by atoms with Crippen LogP contribution in [0.1, 0.15) is 5.56 Å². The summed E-state index contributed by atoms with van der Waals surface area (Å²) in [5.41, 5.74) is 2.08. The Bertz CT molecular complexity index is 769. The molecule has 6 heteroatoms. The molecule has 3 nitrogen and oxygen atoms in total. The average Bonchev–Trinajstić information content (AvgIpc) is 2.89. The van der Waals surface area contributed by atoms with E-state index in [4.69, 9.17) is 0 Å². The van der Waals surface area contributed by atoms with E-state index >= 15 is 0 Å². The van der Waals surface area contributed by atoms with Crippen molar-refractivity contribution in [3.63, 3.8) is 0 Å². The maximum atomic E-state index is 13.0. The number of hydrogen-bond donors (Lipinski definition) is 0. The van der Waals surface area contributed by atoms with Crippen molar-refractivity contribution in [2.75, 3.05) is 0 Å². The van der Waals surface area contributed by atoms with Crippen molar-refractivity contribution in [1.82, 2.24) is 14.8 Å². The molecule has 0 aliphatic heterocycles. The van der Waals surface area contributed by atoms with E-state index in [1.54, 1.807) is 23.9 Å². The number of benzene rings is 2. The summed E-state index contributed by atoms with van der Waals surface area (Å²) in [5, 5.41) is 9.26. The van der Waals surface area contributed by atoms with Crippen LogP contribution < -0.4 is 0 Å². The van der Waals surface area contributed by atoms with Gasteiger partial charge >= 0.3 is 0 Å². The third kappa shape index (κ3) is 3.39. The molecule has 3 aromatic rings.